The number of nitrogens with zero attached hydrogens (tertiary/aromatic N) is 1. The topological polar surface area (TPSA) is 12.5 Å². The van der Waals surface area contributed by atoms with Crippen molar-refractivity contribution < 1.29 is 17.1 Å². The molecule has 1 saturated heterocycles. The van der Waals surface area contributed by atoms with Crippen LogP contribution in [0.5, 0.6) is 0 Å². The van der Waals surface area contributed by atoms with Crippen LogP contribution in [0.25, 0.3) is 0 Å². The molecule has 1 aliphatic rings. The van der Waals surface area contributed by atoms with E-state index in [1.54, 1.807) is 0 Å². The Morgan fingerprint density at radius 2 is 1.86 bits per heavy atom. The minimum Gasteiger partial charge on any atom is -1.00 e. The fraction of sp³-hybridized carbons (Fsp3) is 0.455. The molecule has 0 aliphatic carbocycles. The summed E-state index contributed by atoms with van der Waals surface area (Å²) in [6, 6.07) is 10.6. The highest BCUT2D eigenvalue weighted by Gasteiger charge is 2.32. The van der Waals surface area contributed by atoms with Gasteiger partial charge in [-0.15, -0.1) is 0 Å². The van der Waals surface area contributed by atoms with Crippen LogP contribution in [0.1, 0.15) is 0 Å². The Morgan fingerprint density at radius 3 is 2.36 bits per heavy atom. The lowest BCUT2D eigenvalue weighted by Gasteiger charge is -2.28. The van der Waals surface area contributed by atoms with Crippen molar-refractivity contribution >= 4 is 5.69 Å². The molecule has 0 bridgehead atoms. The molecule has 1 fully saturated rings. The van der Waals surface area contributed by atoms with E-state index in [1.807, 2.05) is 0 Å². The smallest absolute Gasteiger partial charge is 0.132 e. The van der Waals surface area contributed by atoms with Crippen LogP contribution in [0.3, 0.4) is 0 Å². The molecule has 14 heavy (non-hydrogen) atoms. The normalized spacial score (nSPS) is 20.0. The summed E-state index contributed by atoms with van der Waals surface area (Å²) >= 11 is 0. The van der Waals surface area contributed by atoms with Crippen molar-refractivity contribution in [2.24, 2.45) is 0 Å². The highest BCUT2D eigenvalue weighted by Crippen LogP contribution is 2.22. The summed E-state index contributed by atoms with van der Waals surface area (Å²) in [5, 5.41) is 0. The Labute approximate surface area is 91.5 Å². The van der Waals surface area contributed by atoms with Crippen LogP contribution in [-0.4, -0.2) is 33.4 Å². The molecule has 78 valence electrons. The van der Waals surface area contributed by atoms with E-state index in [4.69, 9.17) is 4.74 Å². The second-order valence-electron chi connectivity index (χ2n) is 4.16. The fourth-order valence-corrected chi connectivity index (χ4v) is 1.62. The number of hydrogen-bond donors (Lipinski definition) is 0. The molecule has 0 saturated carbocycles. The van der Waals surface area contributed by atoms with Gasteiger partial charge in [-0.2, -0.15) is 0 Å². The monoisotopic (exact) mass is 213 g/mol. The van der Waals surface area contributed by atoms with Crippen LogP contribution in [0.4, 0.5) is 5.69 Å². The number of hydrogen-bond acceptors (Lipinski definition) is 1. The number of benzene rings is 1. The van der Waals surface area contributed by atoms with Crippen molar-refractivity contribution in [1.82, 2.24) is 4.48 Å². The maximum Gasteiger partial charge on any atom is 0.132 e. The fourth-order valence-electron chi connectivity index (χ4n) is 1.62. The van der Waals surface area contributed by atoms with E-state index in [2.05, 4.69) is 44.4 Å². The molecular weight excluding hydrogens is 198 g/mol. The lowest BCUT2D eigenvalue weighted by Crippen LogP contribution is -3.00. The van der Waals surface area contributed by atoms with Crippen LogP contribution in [0.15, 0.2) is 30.3 Å². The highest BCUT2D eigenvalue weighted by atomic mass is 35.5. The van der Waals surface area contributed by atoms with Gasteiger partial charge < -0.3 is 17.1 Å². The molecule has 1 aromatic carbocycles. The van der Waals surface area contributed by atoms with Gasteiger partial charge in [0.25, 0.3) is 0 Å². The van der Waals surface area contributed by atoms with Crippen molar-refractivity contribution in [3.63, 3.8) is 0 Å². The molecule has 0 spiro atoms. The van der Waals surface area contributed by atoms with Crippen LogP contribution >= 0.6 is 0 Å². The van der Waals surface area contributed by atoms with Crippen molar-refractivity contribution in [3.8, 4) is 0 Å². The average Bonchev–Trinajstić information content (AvgIpc) is 2.89. The molecule has 1 atom stereocenters. The molecule has 1 aromatic rings. The van der Waals surface area contributed by atoms with E-state index in [1.165, 1.54) is 5.69 Å². The number of quaternary nitrogens is 1. The van der Waals surface area contributed by atoms with Crippen molar-refractivity contribution in [1.29, 1.82) is 0 Å². The van der Waals surface area contributed by atoms with E-state index < -0.39 is 0 Å². The predicted molar refractivity (Wildman–Crippen MR) is 54.7 cm³/mol. The van der Waals surface area contributed by atoms with E-state index in [0.717, 1.165) is 17.6 Å². The number of rotatable bonds is 3. The second kappa shape index (κ2) is 4.30. The zero-order valence-corrected chi connectivity index (χ0v) is 9.37. The summed E-state index contributed by atoms with van der Waals surface area (Å²) in [5.74, 6) is 0. The van der Waals surface area contributed by atoms with Gasteiger partial charge in [-0.05, 0) is 12.1 Å². The van der Waals surface area contributed by atoms with Gasteiger partial charge in [0.05, 0.1) is 20.7 Å². The van der Waals surface area contributed by atoms with Gasteiger partial charge in [-0.3, -0.25) is 4.48 Å². The van der Waals surface area contributed by atoms with E-state index in [9.17, 15) is 0 Å². The molecule has 1 heterocycles. The van der Waals surface area contributed by atoms with Gasteiger partial charge in [-0.1, -0.05) is 18.2 Å². The van der Waals surface area contributed by atoms with Gasteiger partial charge in [-0.25, -0.2) is 0 Å². The quantitative estimate of drug-likeness (QED) is 0.447. The Balaban J connectivity index is 0.000000980. The number of para-hydroxylation sites is 1. The van der Waals surface area contributed by atoms with Crippen LogP contribution < -0.4 is 16.9 Å². The predicted octanol–water partition coefficient (Wildman–Crippen LogP) is -1.34. The van der Waals surface area contributed by atoms with E-state index in [0.29, 0.717) is 6.10 Å². The number of epoxide rings is 1. The molecular formula is C11H16ClNO. The third-order valence-electron chi connectivity index (χ3n) is 2.52. The van der Waals surface area contributed by atoms with Gasteiger partial charge >= 0.3 is 0 Å². The summed E-state index contributed by atoms with van der Waals surface area (Å²) < 4.78 is 6.16. The number of likely N-dealkylation sites (N-methyl/N-ethyl adjacent to an activating group) is 1. The first-order chi connectivity index (χ1) is 6.18. The van der Waals surface area contributed by atoms with Crippen LogP contribution in [-0.2, 0) is 4.74 Å². The standard InChI is InChI=1S/C11H16NO.ClH/c1-12(2,8-11-9-13-11)10-6-4-3-5-7-10;/h3-7,11H,8-9H2,1-2H3;1H/q+1;/p-1. The summed E-state index contributed by atoms with van der Waals surface area (Å²) in [4.78, 5) is 0. The minimum absolute atomic E-state index is 0. The summed E-state index contributed by atoms with van der Waals surface area (Å²) in [5.41, 5.74) is 1.35. The molecule has 0 radical (unpaired) electrons. The summed E-state index contributed by atoms with van der Waals surface area (Å²) in [6.07, 6.45) is 0.482. The molecule has 3 heteroatoms. The Kier molecular flexibility index (Phi) is 3.53. The zero-order chi connectivity index (χ0) is 9.31. The molecule has 2 nitrogen and oxygen atoms in total. The third-order valence-corrected chi connectivity index (χ3v) is 2.52. The number of ether oxygens (including phenoxy) is 1. The molecule has 0 N–H and O–H groups in total. The Morgan fingerprint density at radius 1 is 1.29 bits per heavy atom. The van der Waals surface area contributed by atoms with Gasteiger partial charge in [0, 0.05) is 0 Å². The van der Waals surface area contributed by atoms with E-state index >= 15 is 0 Å². The SMILES string of the molecule is C[N+](C)(CC1CO1)c1ccccc1.[Cl-]. The van der Waals surface area contributed by atoms with Crippen molar-refractivity contribution in [3.05, 3.63) is 30.3 Å². The molecule has 1 unspecified atom stereocenters. The second-order valence-corrected chi connectivity index (χ2v) is 4.16. The zero-order valence-electron chi connectivity index (χ0n) is 8.61. The molecule has 2 rings (SSSR count). The first-order valence-corrected chi connectivity index (χ1v) is 4.69. The number of halogens is 1. The average molecular weight is 214 g/mol. The van der Waals surface area contributed by atoms with Crippen molar-refractivity contribution in [2.45, 2.75) is 6.10 Å². The Hall–Kier alpha value is -0.570. The lowest BCUT2D eigenvalue weighted by atomic mass is 10.2. The van der Waals surface area contributed by atoms with E-state index in [-0.39, 0.29) is 12.4 Å². The van der Waals surface area contributed by atoms with Gasteiger partial charge in [0.2, 0.25) is 0 Å². The molecule has 0 aromatic heterocycles. The van der Waals surface area contributed by atoms with Crippen LogP contribution in [0.2, 0.25) is 0 Å². The molecule has 1 aliphatic heterocycles. The molecule has 0 amide bonds. The minimum atomic E-state index is 0. The summed E-state index contributed by atoms with van der Waals surface area (Å²) in [7, 11) is 4.44. The highest BCUT2D eigenvalue weighted by molar-refractivity contribution is 5.41. The lowest BCUT2D eigenvalue weighted by molar-refractivity contribution is -0.00000340. The van der Waals surface area contributed by atoms with Crippen molar-refractivity contribution in [2.75, 3.05) is 27.2 Å². The first kappa shape index (κ1) is 11.5. The van der Waals surface area contributed by atoms with Gasteiger partial charge in [0.1, 0.15) is 18.3 Å². The summed E-state index contributed by atoms with van der Waals surface area (Å²) in [6.45, 7) is 2.01. The third kappa shape index (κ3) is 2.71. The maximum absolute atomic E-state index is 5.25. The largest absolute Gasteiger partial charge is 1.00 e. The van der Waals surface area contributed by atoms with Crippen LogP contribution in [0, 0.1) is 0 Å². The maximum atomic E-state index is 5.25. The first-order valence-electron chi connectivity index (χ1n) is 4.69. The van der Waals surface area contributed by atoms with Gasteiger partial charge in [0.15, 0.2) is 0 Å². The Bertz CT molecular complexity index is 283.